The van der Waals surface area contributed by atoms with Crippen molar-refractivity contribution in [1.82, 2.24) is 0 Å². The Morgan fingerprint density at radius 1 is 0.816 bits per heavy atom. The van der Waals surface area contributed by atoms with Crippen LogP contribution in [-0.4, -0.2) is 0 Å². The Hall–Kier alpha value is -0.260. The lowest BCUT2D eigenvalue weighted by molar-refractivity contribution is -0.250. The minimum Gasteiger partial charge on any atom is -0.0848 e. The van der Waals surface area contributed by atoms with Crippen LogP contribution in [-0.2, 0) is 0 Å². The highest BCUT2D eigenvalue weighted by molar-refractivity contribution is 5.21. The lowest BCUT2D eigenvalue weighted by Crippen LogP contribution is -2.67. The third-order valence-corrected chi connectivity index (χ3v) is 15.5. The first kappa shape index (κ1) is 29.2. The molecule has 5 aliphatic rings. The predicted molar refractivity (Wildman–Crippen MR) is 166 cm³/mol. The van der Waals surface area contributed by atoms with Crippen molar-refractivity contribution >= 4 is 0 Å². The topological polar surface area (TPSA) is 0 Å². The third-order valence-electron chi connectivity index (χ3n) is 15.5. The lowest BCUT2D eigenvalue weighted by atomic mass is 9.31. The van der Waals surface area contributed by atoms with Crippen molar-refractivity contribution < 1.29 is 0 Å². The van der Waals surface area contributed by atoms with Gasteiger partial charge in [0.2, 0.25) is 0 Å². The van der Waals surface area contributed by atoms with Crippen molar-refractivity contribution in [2.24, 2.45) is 99.1 Å². The van der Waals surface area contributed by atoms with E-state index in [9.17, 15) is 0 Å². The number of hydrogen-bond donors (Lipinski definition) is 0. The van der Waals surface area contributed by atoms with E-state index in [1.807, 2.05) is 5.57 Å². The molecule has 0 aromatic rings. The molecule has 15 atom stereocenters. The van der Waals surface area contributed by atoms with E-state index in [0.717, 1.165) is 82.9 Å². The third kappa shape index (κ3) is 4.01. The van der Waals surface area contributed by atoms with E-state index in [1.165, 1.54) is 38.5 Å². The van der Waals surface area contributed by atoms with E-state index in [4.69, 9.17) is 0 Å². The molecule has 218 valence electrons. The van der Waals surface area contributed by atoms with Crippen LogP contribution < -0.4 is 0 Å². The molecule has 0 saturated heterocycles. The molecule has 0 nitrogen and oxygen atoms in total. The molecule has 4 fully saturated rings. The predicted octanol–water partition coefficient (Wildman–Crippen LogP) is 11.2. The van der Waals surface area contributed by atoms with Crippen molar-refractivity contribution in [3.8, 4) is 0 Å². The van der Waals surface area contributed by atoms with Gasteiger partial charge in [0.15, 0.2) is 0 Å². The smallest absolute Gasteiger partial charge is 0.0172 e. The van der Waals surface area contributed by atoms with Gasteiger partial charge in [0.25, 0.3) is 0 Å². The molecule has 0 bridgehead atoms. The van der Waals surface area contributed by atoms with Gasteiger partial charge in [-0.3, -0.25) is 0 Å². The maximum absolute atomic E-state index is 2.80. The molecule has 15 unspecified atom stereocenters. The molecule has 5 rings (SSSR count). The highest BCUT2D eigenvalue weighted by Gasteiger charge is 2.69. The lowest BCUT2D eigenvalue weighted by Gasteiger charge is -2.73. The monoisotopic (exact) mass is 523 g/mol. The SMILES string of the molecule is CC1CC=C(C2CC(C(C)C)C3CC4(C)CC5(C)CC(C)C(C(C)C)C(C)C5(C)C(C)C4C(C)C3C2C)C1. The second-order valence-electron chi connectivity index (χ2n) is 18.0. The van der Waals surface area contributed by atoms with Gasteiger partial charge < -0.3 is 0 Å². The van der Waals surface area contributed by atoms with E-state index >= 15 is 0 Å². The number of fused-ring (bicyclic) bond motifs is 3. The summed E-state index contributed by atoms with van der Waals surface area (Å²) in [5, 5.41) is 0. The molecule has 0 heterocycles. The molecular weight excluding hydrogens is 456 g/mol. The van der Waals surface area contributed by atoms with Crippen molar-refractivity contribution in [3.63, 3.8) is 0 Å². The first-order valence-corrected chi connectivity index (χ1v) is 17.3. The molecular formula is C38H66. The normalized spacial score (nSPS) is 56.9. The van der Waals surface area contributed by atoms with E-state index in [2.05, 4.69) is 96.1 Å². The first-order chi connectivity index (χ1) is 17.6. The van der Waals surface area contributed by atoms with Crippen LogP contribution in [0.25, 0.3) is 0 Å². The van der Waals surface area contributed by atoms with Crippen LogP contribution in [0.4, 0.5) is 0 Å². The van der Waals surface area contributed by atoms with E-state index in [1.54, 1.807) is 0 Å². The Kier molecular flexibility index (Phi) is 7.42. The number of rotatable bonds is 3. The summed E-state index contributed by atoms with van der Waals surface area (Å²) in [4.78, 5) is 0. The van der Waals surface area contributed by atoms with Gasteiger partial charge in [0, 0.05) is 0 Å². The van der Waals surface area contributed by atoms with Crippen molar-refractivity contribution in [2.75, 3.05) is 0 Å². The molecule has 0 spiro atoms. The maximum atomic E-state index is 2.80. The van der Waals surface area contributed by atoms with Crippen LogP contribution in [0.15, 0.2) is 11.6 Å². The average Bonchev–Trinajstić information content (AvgIpc) is 3.21. The zero-order chi connectivity index (χ0) is 28.1. The Morgan fingerprint density at radius 3 is 2.03 bits per heavy atom. The molecule has 0 heteroatoms. The van der Waals surface area contributed by atoms with E-state index < -0.39 is 0 Å². The summed E-state index contributed by atoms with van der Waals surface area (Å²) < 4.78 is 0. The van der Waals surface area contributed by atoms with Gasteiger partial charge in [0.05, 0.1) is 0 Å². The fourth-order valence-corrected chi connectivity index (χ4v) is 14.3. The summed E-state index contributed by atoms with van der Waals surface area (Å²) in [6.45, 7) is 34.5. The Labute approximate surface area is 239 Å². The minimum atomic E-state index is 0.442. The summed E-state index contributed by atoms with van der Waals surface area (Å²) in [5.41, 5.74) is 3.27. The molecule has 0 aromatic heterocycles. The minimum absolute atomic E-state index is 0.442. The fraction of sp³-hybridized carbons (Fsp3) is 0.947. The zero-order valence-electron chi connectivity index (χ0n) is 27.9. The van der Waals surface area contributed by atoms with Crippen LogP contribution in [0.1, 0.15) is 129 Å². The van der Waals surface area contributed by atoms with Gasteiger partial charge in [-0.2, -0.15) is 0 Å². The van der Waals surface area contributed by atoms with Crippen LogP contribution in [0.3, 0.4) is 0 Å². The molecule has 0 aromatic carbocycles. The summed E-state index contributed by atoms with van der Waals surface area (Å²) >= 11 is 0. The van der Waals surface area contributed by atoms with Crippen molar-refractivity contribution in [1.29, 1.82) is 0 Å². The van der Waals surface area contributed by atoms with Gasteiger partial charge in [-0.15, -0.1) is 0 Å². The maximum Gasteiger partial charge on any atom is -0.0172 e. The molecule has 0 N–H and O–H groups in total. The van der Waals surface area contributed by atoms with Crippen LogP contribution >= 0.6 is 0 Å². The largest absolute Gasteiger partial charge is 0.0848 e. The molecule has 0 radical (unpaired) electrons. The second-order valence-corrected chi connectivity index (χ2v) is 18.0. The summed E-state index contributed by atoms with van der Waals surface area (Å²) in [7, 11) is 0. The Balaban J connectivity index is 1.55. The summed E-state index contributed by atoms with van der Waals surface area (Å²) in [6.07, 6.45) is 11.3. The van der Waals surface area contributed by atoms with Crippen molar-refractivity contribution in [2.45, 2.75) is 129 Å². The van der Waals surface area contributed by atoms with E-state index in [-0.39, 0.29) is 0 Å². The summed E-state index contributed by atoms with van der Waals surface area (Å²) in [6, 6.07) is 0. The number of allylic oxidation sites excluding steroid dienone is 2. The van der Waals surface area contributed by atoms with Crippen molar-refractivity contribution in [3.05, 3.63) is 11.6 Å². The van der Waals surface area contributed by atoms with E-state index in [0.29, 0.717) is 16.2 Å². The van der Waals surface area contributed by atoms with Gasteiger partial charge in [0.1, 0.15) is 0 Å². The standard InChI is InChI=1S/C38H66/c1-21(2)30-17-31(29-15-14-23(5)16-29)25(7)34-26(8)35-28(10)38(13)27(9)33(22(3)4)24(6)18-37(38,12)20-36(35,11)19-32(30)34/h15,21-28,30-35H,14,16-20H2,1-13H3. The molecule has 38 heavy (non-hydrogen) atoms. The highest BCUT2D eigenvalue weighted by Crippen LogP contribution is 2.75. The molecule has 0 aliphatic heterocycles. The Morgan fingerprint density at radius 2 is 1.47 bits per heavy atom. The Bertz CT molecular complexity index is 909. The van der Waals surface area contributed by atoms with Gasteiger partial charge in [-0.1, -0.05) is 102 Å². The second kappa shape index (κ2) is 9.65. The number of hydrogen-bond acceptors (Lipinski definition) is 0. The van der Waals surface area contributed by atoms with Gasteiger partial charge in [-0.25, -0.2) is 0 Å². The van der Waals surface area contributed by atoms with Gasteiger partial charge >= 0.3 is 0 Å². The molecule has 0 amide bonds. The fourth-order valence-electron chi connectivity index (χ4n) is 14.3. The van der Waals surface area contributed by atoms with Gasteiger partial charge in [-0.05, 0) is 138 Å². The first-order valence-electron chi connectivity index (χ1n) is 17.3. The van der Waals surface area contributed by atoms with Crippen LogP contribution in [0, 0.1) is 99.1 Å². The molecule has 5 aliphatic carbocycles. The van der Waals surface area contributed by atoms with Crippen LogP contribution in [0.2, 0.25) is 0 Å². The van der Waals surface area contributed by atoms with Crippen LogP contribution in [0.5, 0.6) is 0 Å². The average molecular weight is 523 g/mol. The molecule has 4 saturated carbocycles. The summed E-state index contributed by atoms with van der Waals surface area (Å²) in [5.74, 6) is 12.0. The highest BCUT2D eigenvalue weighted by atomic mass is 14.7. The quantitative estimate of drug-likeness (QED) is 0.323. The zero-order valence-corrected chi connectivity index (χ0v) is 27.9.